The quantitative estimate of drug-likeness (QED) is 0.689. The molecule has 0 bridgehead atoms. The van der Waals surface area contributed by atoms with Crippen LogP contribution in [0.4, 0.5) is 5.82 Å². The van der Waals surface area contributed by atoms with Crippen LogP contribution in [0.3, 0.4) is 0 Å². The zero-order valence-electron chi connectivity index (χ0n) is 9.57. The van der Waals surface area contributed by atoms with E-state index in [2.05, 4.69) is 20.9 Å². The Morgan fingerprint density at radius 3 is 2.63 bits per heavy atom. The molecule has 6 heteroatoms. The minimum Gasteiger partial charge on any atom is -0.383 e. The van der Waals surface area contributed by atoms with Gasteiger partial charge in [0.25, 0.3) is 0 Å². The van der Waals surface area contributed by atoms with Crippen molar-refractivity contribution in [3.8, 4) is 11.3 Å². The minimum atomic E-state index is 0.528. The lowest BCUT2D eigenvalue weighted by Gasteiger charge is -2.03. The highest BCUT2D eigenvalue weighted by Gasteiger charge is 2.14. The second-order valence-electron chi connectivity index (χ2n) is 4.05. The number of rotatable bonds is 1. The molecule has 0 aliphatic rings. The smallest absolute Gasteiger partial charge is 0.139 e. The van der Waals surface area contributed by atoms with Gasteiger partial charge < -0.3 is 5.73 Å². The zero-order valence-corrected chi connectivity index (χ0v) is 12.7. The zero-order chi connectivity index (χ0) is 13.6. The van der Waals surface area contributed by atoms with Crippen LogP contribution < -0.4 is 5.73 Å². The Morgan fingerprint density at radius 1 is 1.11 bits per heavy atom. The van der Waals surface area contributed by atoms with Gasteiger partial charge in [-0.15, -0.1) is 0 Å². The average Bonchev–Trinajstić information content (AvgIpc) is 2.70. The maximum Gasteiger partial charge on any atom is 0.139 e. The van der Waals surface area contributed by atoms with Crippen molar-refractivity contribution in [3.63, 3.8) is 0 Å². The summed E-state index contributed by atoms with van der Waals surface area (Å²) in [5, 5.41) is 1.24. The summed E-state index contributed by atoms with van der Waals surface area (Å²) in [6.07, 6.45) is 1.74. The number of nitrogens with zero attached hydrogens (tertiary/aromatic N) is 2. The molecule has 2 heterocycles. The van der Waals surface area contributed by atoms with Gasteiger partial charge in [0, 0.05) is 21.3 Å². The predicted octanol–water partition coefficient (Wildman–Crippen LogP) is 4.65. The number of fused-ring (bicyclic) bond motifs is 1. The van der Waals surface area contributed by atoms with Crippen LogP contribution in [0.15, 0.2) is 41.0 Å². The van der Waals surface area contributed by atoms with Crippen LogP contribution in [0, 0.1) is 0 Å². The molecule has 1 aromatic carbocycles. The Bertz CT molecular complexity index is 783. The van der Waals surface area contributed by atoms with Crippen molar-refractivity contribution in [3.05, 3.63) is 51.0 Å². The number of benzene rings is 1. The number of anilines is 1. The predicted molar refractivity (Wildman–Crippen MR) is 82.8 cm³/mol. The van der Waals surface area contributed by atoms with Gasteiger partial charge in [0.1, 0.15) is 17.2 Å². The molecule has 0 aliphatic heterocycles. The summed E-state index contributed by atoms with van der Waals surface area (Å²) in [4.78, 5) is 4.52. The van der Waals surface area contributed by atoms with Crippen molar-refractivity contribution in [1.29, 1.82) is 0 Å². The number of aromatic nitrogens is 2. The van der Waals surface area contributed by atoms with Crippen molar-refractivity contribution >= 4 is 50.6 Å². The first-order valence-corrected chi connectivity index (χ1v) is 6.99. The molecule has 0 amide bonds. The lowest BCUT2D eigenvalue weighted by atomic mass is 10.1. The highest BCUT2D eigenvalue weighted by molar-refractivity contribution is 9.10. The van der Waals surface area contributed by atoms with Crippen LogP contribution in [-0.2, 0) is 0 Å². The maximum absolute atomic E-state index is 6.14. The number of halogens is 3. The van der Waals surface area contributed by atoms with Crippen LogP contribution in [0.2, 0.25) is 10.0 Å². The first-order valence-electron chi connectivity index (χ1n) is 5.45. The first-order chi connectivity index (χ1) is 9.06. The molecule has 19 heavy (non-hydrogen) atoms. The number of nitrogen functional groups attached to an aromatic ring is 1. The van der Waals surface area contributed by atoms with E-state index >= 15 is 0 Å². The maximum atomic E-state index is 6.14. The van der Waals surface area contributed by atoms with Gasteiger partial charge in [0.2, 0.25) is 0 Å². The highest BCUT2D eigenvalue weighted by atomic mass is 79.9. The van der Waals surface area contributed by atoms with E-state index in [0.717, 1.165) is 15.7 Å². The fourth-order valence-electron chi connectivity index (χ4n) is 1.91. The minimum absolute atomic E-state index is 0.528. The van der Waals surface area contributed by atoms with Crippen molar-refractivity contribution in [1.82, 2.24) is 9.38 Å². The fourth-order valence-corrected chi connectivity index (χ4v) is 2.68. The van der Waals surface area contributed by atoms with E-state index in [-0.39, 0.29) is 0 Å². The molecule has 0 saturated heterocycles. The lowest BCUT2D eigenvalue weighted by molar-refractivity contribution is 1.20. The van der Waals surface area contributed by atoms with Crippen LogP contribution in [0.25, 0.3) is 16.9 Å². The molecule has 2 aromatic heterocycles. The first kappa shape index (κ1) is 12.8. The van der Waals surface area contributed by atoms with Crippen molar-refractivity contribution < 1.29 is 0 Å². The van der Waals surface area contributed by atoms with Crippen molar-refractivity contribution in [2.24, 2.45) is 0 Å². The van der Waals surface area contributed by atoms with Gasteiger partial charge in [-0.25, -0.2) is 4.98 Å². The van der Waals surface area contributed by atoms with Gasteiger partial charge in [0.15, 0.2) is 0 Å². The summed E-state index contributed by atoms with van der Waals surface area (Å²) in [6.45, 7) is 0. The van der Waals surface area contributed by atoms with E-state index in [0.29, 0.717) is 21.6 Å². The summed E-state index contributed by atoms with van der Waals surface area (Å²) in [6, 6.07) is 9.10. The summed E-state index contributed by atoms with van der Waals surface area (Å²) in [7, 11) is 0. The molecular formula is C13H8BrCl2N3. The molecule has 0 fully saturated rings. The Hall–Kier alpha value is -1.23. The average molecular weight is 357 g/mol. The number of hydrogen-bond acceptors (Lipinski definition) is 2. The van der Waals surface area contributed by atoms with Gasteiger partial charge in [-0.3, -0.25) is 4.40 Å². The molecule has 0 aliphatic carbocycles. The van der Waals surface area contributed by atoms with Crippen LogP contribution in [-0.4, -0.2) is 9.38 Å². The molecule has 2 N–H and O–H groups in total. The standard InChI is InChI=1S/C13H8BrCl2N3/c14-10-3-1-7(15)5-9(10)12-13(17)19-6-8(16)2-4-11(19)18-12/h1-6H,17H2. The third kappa shape index (κ3) is 2.20. The molecule has 0 radical (unpaired) electrons. The van der Waals surface area contributed by atoms with E-state index in [1.54, 1.807) is 22.7 Å². The van der Waals surface area contributed by atoms with E-state index < -0.39 is 0 Å². The molecule has 0 saturated carbocycles. The summed E-state index contributed by atoms with van der Waals surface area (Å²) in [5.41, 5.74) is 8.41. The fraction of sp³-hybridized carbons (Fsp3) is 0. The van der Waals surface area contributed by atoms with Gasteiger partial charge in [0.05, 0.1) is 5.02 Å². The Morgan fingerprint density at radius 2 is 1.84 bits per heavy atom. The van der Waals surface area contributed by atoms with Gasteiger partial charge in [-0.2, -0.15) is 0 Å². The monoisotopic (exact) mass is 355 g/mol. The van der Waals surface area contributed by atoms with Crippen molar-refractivity contribution in [2.75, 3.05) is 5.73 Å². The molecule has 3 nitrogen and oxygen atoms in total. The summed E-state index contributed by atoms with van der Waals surface area (Å²) in [5.74, 6) is 0.528. The van der Waals surface area contributed by atoms with Gasteiger partial charge in [-0.05, 0) is 30.3 Å². The van der Waals surface area contributed by atoms with Gasteiger partial charge in [-0.1, -0.05) is 39.1 Å². The topological polar surface area (TPSA) is 43.3 Å². The Kier molecular flexibility index (Phi) is 3.17. The molecule has 0 atom stereocenters. The second-order valence-corrected chi connectivity index (χ2v) is 5.77. The van der Waals surface area contributed by atoms with E-state index in [1.165, 1.54) is 0 Å². The number of imidazole rings is 1. The molecule has 96 valence electrons. The Labute approximate surface area is 128 Å². The molecule has 0 unspecified atom stereocenters. The summed E-state index contributed by atoms with van der Waals surface area (Å²) < 4.78 is 2.64. The number of hydrogen-bond donors (Lipinski definition) is 1. The largest absolute Gasteiger partial charge is 0.383 e. The molecule has 3 aromatic rings. The normalized spacial score (nSPS) is 11.1. The third-order valence-corrected chi connectivity index (χ3v) is 3.95. The van der Waals surface area contributed by atoms with Crippen LogP contribution >= 0.6 is 39.1 Å². The van der Waals surface area contributed by atoms with E-state index in [1.807, 2.05) is 18.2 Å². The van der Waals surface area contributed by atoms with Crippen molar-refractivity contribution in [2.45, 2.75) is 0 Å². The molecule has 3 rings (SSSR count). The number of pyridine rings is 1. The highest BCUT2D eigenvalue weighted by Crippen LogP contribution is 2.34. The van der Waals surface area contributed by atoms with E-state index in [9.17, 15) is 0 Å². The lowest BCUT2D eigenvalue weighted by Crippen LogP contribution is -1.94. The SMILES string of the molecule is Nc1c(-c2cc(Cl)ccc2Br)nc2ccc(Cl)cn12. The second kappa shape index (κ2) is 4.71. The molecule has 0 spiro atoms. The number of nitrogens with two attached hydrogens (primary N) is 1. The summed E-state index contributed by atoms with van der Waals surface area (Å²) >= 11 is 15.5. The third-order valence-electron chi connectivity index (χ3n) is 2.80. The van der Waals surface area contributed by atoms with E-state index in [4.69, 9.17) is 28.9 Å². The van der Waals surface area contributed by atoms with Crippen LogP contribution in [0.5, 0.6) is 0 Å². The van der Waals surface area contributed by atoms with Crippen LogP contribution in [0.1, 0.15) is 0 Å². The van der Waals surface area contributed by atoms with Gasteiger partial charge >= 0.3 is 0 Å². The molecular weight excluding hydrogens is 349 g/mol. The Balaban J connectivity index is 2.31.